The monoisotopic (exact) mass is 354 g/mol. The van der Waals surface area contributed by atoms with Gasteiger partial charge in [-0.1, -0.05) is 74.3 Å². The van der Waals surface area contributed by atoms with Gasteiger partial charge in [0, 0.05) is 0 Å². The van der Waals surface area contributed by atoms with Gasteiger partial charge in [0.05, 0.1) is 4.75 Å². The van der Waals surface area contributed by atoms with Gasteiger partial charge in [-0.15, -0.1) is 11.8 Å². The van der Waals surface area contributed by atoms with Crippen molar-refractivity contribution in [1.82, 2.24) is 0 Å². The average Bonchev–Trinajstić information content (AvgIpc) is 2.63. The molecular weight excluding hydrogens is 320 g/mol. The summed E-state index contributed by atoms with van der Waals surface area (Å²) in [6.07, 6.45) is 27.3. The lowest BCUT2D eigenvalue weighted by Crippen LogP contribution is -2.23. The second-order valence-electron chi connectivity index (χ2n) is 8.18. The molecule has 2 unspecified atom stereocenters. The highest BCUT2D eigenvalue weighted by Gasteiger charge is 2.30. The second-order valence-corrected chi connectivity index (χ2v) is 9.75. The van der Waals surface area contributed by atoms with Gasteiger partial charge in [0.1, 0.15) is 0 Å². The lowest BCUT2D eigenvalue weighted by Gasteiger charge is -2.33. The van der Waals surface area contributed by atoms with Crippen LogP contribution < -0.4 is 0 Å². The van der Waals surface area contributed by atoms with E-state index in [4.69, 9.17) is 0 Å². The van der Waals surface area contributed by atoms with Gasteiger partial charge in [0.25, 0.3) is 0 Å². The van der Waals surface area contributed by atoms with Crippen LogP contribution in [0.3, 0.4) is 0 Å². The molecule has 0 radical (unpaired) electrons. The topological polar surface area (TPSA) is 0 Å². The van der Waals surface area contributed by atoms with Crippen LogP contribution in [0, 0.1) is 11.8 Å². The molecule has 3 aliphatic carbocycles. The summed E-state index contributed by atoms with van der Waals surface area (Å²) in [7, 11) is 0. The number of rotatable bonds is 5. The Morgan fingerprint density at radius 2 is 1.88 bits per heavy atom. The van der Waals surface area contributed by atoms with Gasteiger partial charge in [0.15, 0.2) is 0 Å². The molecule has 0 heterocycles. The summed E-state index contributed by atoms with van der Waals surface area (Å²) in [6, 6.07) is 0. The maximum absolute atomic E-state index is 2.47. The summed E-state index contributed by atoms with van der Waals surface area (Å²) >= 11 is 2.08. The number of hydrogen-bond acceptors (Lipinski definition) is 1. The first-order valence-electron chi connectivity index (χ1n) is 10.2. The van der Waals surface area contributed by atoms with Crippen molar-refractivity contribution in [3.8, 4) is 0 Å². The summed E-state index contributed by atoms with van der Waals surface area (Å²) in [6.45, 7) is 6.87. The summed E-state index contributed by atoms with van der Waals surface area (Å²) < 4.78 is 0.0930. The van der Waals surface area contributed by atoms with E-state index in [1.807, 2.05) is 0 Å². The van der Waals surface area contributed by atoms with Gasteiger partial charge in [-0.2, -0.15) is 0 Å². The zero-order valence-corrected chi connectivity index (χ0v) is 17.1. The Hall–Kier alpha value is -0.950. The van der Waals surface area contributed by atoms with E-state index in [0.29, 0.717) is 5.92 Å². The van der Waals surface area contributed by atoms with Crippen molar-refractivity contribution in [2.75, 3.05) is 0 Å². The Balaban J connectivity index is 1.72. The Morgan fingerprint density at radius 1 is 1.08 bits per heavy atom. The van der Waals surface area contributed by atoms with Crippen LogP contribution in [0.2, 0.25) is 0 Å². The van der Waals surface area contributed by atoms with E-state index in [1.165, 1.54) is 51.4 Å². The fourth-order valence-corrected chi connectivity index (χ4v) is 5.91. The molecule has 0 aromatic rings. The van der Waals surface area contributed by atoms with Crippen LogP contribution in [0.25, 0.3) is 0 Å². The van der Waals surface area contributed by atoms with Crippen molar-refractivity contribution in [3.05, 3.63) is 58.6 Å². The molecule has 0 nitrogen and oxygen atoms in total. The van der Waals surface area contributed by atoms with E-state index >= 15 is 0 Å². The first-order chi connectivity index (χ1) is 12.1. The molecule has 3 rings (SSSR count). The van der Waals surface area contributed by atoms with Crippen molar-refractivity contribution >= 4 is 11.8 Å². The van der Waals surface area contributed by atoms with Crippen molar-refractivity contribution in [3.63, 3.8) is 0 Å². The van der Waals surface area contributed by atoms with Crippen LogP contribution in [0.15, 0.2) is 58.6 Å². The fourth-order valence-electron chi connectivity index (χ4n) is 4.54. The van der Waals surface area contributed by atoms with E-state index < -0.39 is 0 Å². The predicted octanol–water partition coefficient (Wildman–Crippen LogP) is 7.76. The quantitative estimate of drug-likeness (QED) is 0.454. The highest BCUT2D eigenvalue weighted by atomic mass is 32.2. The van der Waals surface area contributed by atoms with Crippen molar-refractivity contribution in [2.45, 2.75) is 76.9 Å². The van der Waals surface area contributed by atoms with Gasteiger partial charge in [0.2, 0.25) is 0 Å². The van der Waals surface area contributed by atoms with Crippen LogP contribution in [0.1, 0.15) is 72.1 Å². The van der Waals surface area contributed by atoms with Crippen LogP contribution >= 0.6 is 11.8 Å². The van der Waals surface area contributed by atoms with Gasteiger partial charge in [-0.3, -0.25) is 0 Å². The van der Waals surface area contributed by atoms with Gasteiger partial charge in [-0.05, 0) is 68.3 Å². The third-order valence-corrected chi connectivity index (χ3v) is 7.44. The molecule has 0 amide bonds. The summed E-state index contributed by atoms with van der Waals surface area (Å²) in [4.78, 5) is 1.56. The van der Waals surface area contributed by atoms with Crippen molar-refractivity contribution < 1.29 is 0 Å². The molecule has 0 bridgehead atoms. The van der Waals surface area contributed by atoms with Gasteiger partial charge >= 0.3 is 0 Å². The molecule has 1 fully saturated rings. The molecular formula is C24H34S. The molecule has 2 atom stereocenters. The highest BCUT2D eigenvalue weighted by Crippen LogP contribution is 2.46. The Morgan fingerprint density at radius 3 is 2.52 bits per heavy atom. The molecule has 0 aromatic carbocycles. The highest BCUT2D eigenvalue weighted by molar-refractivity contribution is 8.04. The first kappa shape index (κ1) is 18.8. The first-order valence-corrected chi connectivity index (χ1v) is 11.0. The fraction of sp³-hybridized carbons (Fsp3) is 0.583. The van der Waals surface area contributed by atoms with Crippen LogP contribution in [0.5, 0.6) is 0 Å². The minimum absolute atomic E-state index is 0.0930. The third kappa shape index (κ3) is 4.82. The number of allylic oxidation sites excluding steroid dienone is 8. The zero-order chi connectivity index (χ0) is 17.7. The van der Waals surface area contributed by atoms with E-state index in [2.05, 4.69) is 75.1 Å². The molecule has 25 heavy (non-hydrogen) atoms. The largest absolute Gasteiger partial charge is 0.115 e. The third-order valence-electron chi connectivity index (χ3n) is 6.02. The molecule has 0 spiro atoms. The summed E-state index contributed by atoms with van der Waals surface area (Å²) in [5, 5.41) is 0. The Labute approximate surface area is 159 Å². The van der Waals surface area contributed by atoms with Crippen molar-refractivity contribution in [1.29, 1.82) is 0 Å². The van der Waals surface area contributed by atoms with Crippen LogP contribution in [-0.4, -0.2) is 4.75 Å². The van der Waals surface area contributed by atoms with Gasteiger partial charge < -0.3 is 0 Å². The molecule has 1 heteroatoms. The minimum atomic E-state index is 0.0930. The molecule has 0 N–H and O–H groups in total. The number of hydrogen-bond donors (Lipinski definition) is 0. The maximum Gasteiger partial charge on any atom is 0.0566 e. The smallest absolute Gasteiger partial charge is 0.0566 e. The molecule has 1 saturated carbocycles. The predicted molar refractivity (Wildman–Crippen MR) is 114 cm³/mol. The molecule has 0 aliphatic heterocycles. The Kier molecular flexibility index (Phi) is 6.49. The molecule has 136 valence electrons. The standard InChI is InChI=1S/C24H34S/c1-4-17-24(3,22-12-8-9-19(2)18-22)25-23-15-13-21(14-16-23)20-10-6-5-7-11-20/h4,8-9,12-13,15,17,19-20H,5-7,10-11,14,16,18H2,1-3H3. The number of thioether (sulfide) groups is 1. The van der Waals surface area contributed by atoms with E-state index in [-0.39, 0.29) is 4.75 Å². The Bertz CT molecular complexity index is 610. The molecule has 0 saturated heterocycles. The molecule has 3 aliphatic rings. The normalized spacial score (nSPS) is 27.6. The zero-order valence-electron chi connectivity index (χ0n) is 16.3. The SMILES string of the molecule is CC=CC(C)(SC1=CC=C(C2CCCCC2)CC1)C1=CC=CC(C)C1. The van der Waals surface area contributed by atoms with E-state index in [1.54, 1.807) is 16.1 Å². The van der Waals surface area contributed by atoms with Crippen LogP contribution in [0.4, 0.5) is 0 Å². The minimum Gasteiger partial charge on any atom is -0.115 e. The summed E-state index contributed by atoms with van der Waals surface area (Å²) in [5.74, 6) is 1.54. The summed E-state index contributed by atoms with van der Waals surface area (Å²) in [5.41, 5.74) is 3.29. The van der Waals surface area contributed by atoms with Crippen LogP contribution in [-0.2, 0) is 0 Å². The maximum atomic E-state index is 2.47. The van der Waals surface area contributed by atoms with Crippen molar-refractivity contribution in [2.24, 2.45) is 11.8 Å². The van der Waals surface area contributed by atoms with E-state index in [0.717, 1.165) is 5.92 Å². The lowest BCUT2D eigenvalue weighted by molar-refractivity contribution is 0.394. The van der Waals surface area contributed by atoms with E-state index in [9.17, 15) is 0 Å². The molecule has 0 aromatic heterocycles. The lowest BCUT2D eigenvalue weighted by atomic mass is 9.81. The van der Waals surface area contributed by atoms with Gasteiger partial charge in [-0.25, -0.2) is 0 Å². The average molecular weight is 355 g/mol. The second kappa shape index (κ2) is 8.62.